The number of hydrogen-bond acceptors (Lipinski definition) is 4. The lowest BCUT2D eigenvalue weighted by Gasteiger charge is -2.13. The molecule has 5 nitrogen and oxygen atoms in total. The molecule has 156 valence electrons. The number of halogens is 1. The van der Waals surface area contributed by atoms with Gasteiger partial charge in [-0.25, -0.2) is 0 Å². The van der Waals surface area contributed by atoms with Crippen LogP contribution in [0.3, 0.4) is 0 Å². The molecule has 0 heterocycles. The van der Waals surface area contributed by atoms with Gasteiger partial charge in [-0.2, -0.15) is 5.26 Å². The van der Waals surface area contributed by atoms with E-state index in [0.29, 0.717) is 34.4 Å². The summed E-state index contributed by atoms with van der Waals surface area (Å²) in [5, 5.41) is 12.9. The Morgan fingerprint density at radius 1 is 1.03 bits per heavy atom. The van der Waals surface area contributed by atoms with E-state index in [9.17, 15) is 10.1 Å². The van der Waals surface area contributed by atoms with Crippen molar-refractivity contribution in [2.75, 3.05) is 18.5 Å². The molecule has 0 atom stereocenters. The van der Waals surface area contributed by atoms with Gasteiger partial charge in [0.2, 0.25) is 0 Å². The predicted octanol–water partition coefficient (Wildman–Crippen LogP) is 5.82. The Hall–Kier alpha value is -3.75. The van der Waals surface area contributed by atoms with Gasteiger partial charge in [0.05, 0.1) is 18.2 Å². The number of nitriles is 1. The Morgan fingerprint density at radius 3 is 2.45 bits per heavy atom. The van der Waals surface area contributed by atoms with Gasteiger partial charge >= 0.3 is 0 Å². The van der Waals surface area contributed by atoms with Crippen LogP contribution in [0.25, 0.3) is 11.6 Å². The third-order valence-corrected chi connectivity index (χ3v) is 4.52. The monoisotopic (exact) mass is 432 g/mol. The SMILES string of the molecule is CCOc1cc(/C=C(\C#N)c2ccc(Cl)cc2)ccc1OCC(=O)Nc1ccccc1. The summed E-state index contributed by atoms with van der Waals surface area (Å²) in [5.41, 5.74) is 2.74. The van der Waals surface area contributed by atoms with Gasteiger partial charge in [-0.1, -0.05) is 48.0 Å². The van der Waals surface area contributed by atoms with E-state index in [2.05, 4.69) is 11.4 Å². The Kier molecular flexibility index (Phi) is 7.69. The van der Waals surface area contributed by atoms with E-state index in [1.807, 2.05) is 25.1 Å². The molecule has 0 aliphatic carbocycles. The number of anilines is 1. The van der Waals surface area contributed by atoms with Crippen LogP contribution in [0.1, 0.15) is 18.1 Å². The van der Waals surface area contributed by atoms with E-state index < -0.39 is 0 Å². The first-order valence-corrected chi connectivity index (χ1v) is 10.1. The van der Waals surface area contributed by atoms with Crippen LogP contribution in [0.5, 0.6) is 11.5 Å². The highest BCUT2D eigenvalue weighted by Gasteiger charge is 2.10. The van der Waals surface area contributed by atoms with Gasteiger partial charge in [-0.15, -0.1) is 0 Å². The summed E-state index contributed by atoms with van der Waals surface area (Å²) in [6, 6.07) is 23.8. The fraction of sp³-hybridized carbons (Fsp3) is 0.120. The number of rotatable bonds is 8. The highest BCUT2D eigenvalue weighted by Crippen LogP contribution is 2.30. The second-order valence-electron chi connectivity index (χ2n) is 6.52. The summed E-state index contributed by atoms with van der Waals surface area (Å²) in [7, 11) is 0. The van der Waals surface area contributed by atoms with Crippen molar-refractivity contribution in [3.8, 4) is 17.6 Å². The van der Waals surface area contributed by atoms with Crippen LogP contribution < -0.4 is 14.8 Å². The van der Waals surface area contributed by atoms with Gasteiger partial charge in [0.15, 0.2) is 18.1 Å². The molecule has 6 heteroatoms. The zero-order valence-corrected chi connectivity index (χ0v) is 17.7. The Morgan fingerprint density at radius 2 is 1.77 bits per heavy atom. The summed E-state index contributed by atoms with van der Waals surface area (Å²) < 4.78 is 11.3. The van der Waals surface area contributed by atoms with Gasteiger partial charge in [0, 0.05) is 10.7 Å². The Balaban J connectivity index is 1.75. The van der Waals surface area contributed by atoms with Crippen LogP contribution in [-0.4, -0.2) is 19.1 Å². The fourth-order valence-corrected chi connectivity index (χ4v) is 2.97. The lowest BCUT2D eigenvalue weighted by molar-refractivity contribution is -0.118. The summed E-state index contributed by atoms with van der Waals surface area (Å²) >= 11 is 5.93. The van der Waals surface area contributed by atoms with E-state index in [4.69, 9.17) is 21.1 Å². The molecule has 0 bridgehead atoms. The molecule has 1 N–H and O–H groups in total. The van der Waals surface area contributed by atoms with Crippen molar-refractivity contribution in [1.29, 1.82) is 5.26 Å². The van der Waals surface area contributed by atoms with E-state index in [1.165, 1.54) is 0 Å². The molecule has 1 amide bonds. The lowest BCUT2D eigenvalue weighted by Crippen LogP contribution is -2.20. The molecule has 0 radical (unpaired) electrons. The van der Waals surface area contributed by atoms with Crippen LogP contribution >= 0.6 is 11.6 Å². The third-order valence-electron chi connectivity index (χ3n) is 4.27. The molecule has 0 saturated heterocycles. The number of hydrogen-bond donors (Lipinski definition) is 1. The molecule has 0 saturated carbocycles. The number of amides is 1. The summed E-state index contributed by atoms with van der Waals surface area (Å²) in [6.45, 7) is 2.14. The molecule has 3 aromatic rings. The zero-order chi connectivity index (χ0) is 22.1. The van der Waals surface area contributed by atoms with Gasteiger partial charge in [0.1, 0.15) is 0 Å². The molecule has 0 aliphatic heterocycles. The normalized spacial score (nSPS) is 10.8. The van der Waals surface area contributed by atoms with E-state index in [0.717, 1.165) is 11.1 Å². The first kappa shape index (κ1) is 21.9. The standard InChI is InChI=1S/C25H21ClN2O3/c1-2-30-24-15-18(14-20(16-27)19-9-11-21(26)12-10-19)8-13-23(24)31-17-25(29)28-22-6-4-3-5-7-22/h3-15H,2,17H2,1H3,(H,28,29)/b20-14+. The number of benzene rings is 3. The van der Waals surface area contributed by atoms with Crippen molar-refractivity contribution in [3.63, 3.8) is 0 Å². The quantitative estimate of drug-likeness (QED) is 0.359. The van der Waals surface area contributed by atoms with E-state index in [1.54, 1.807) is 60.7 Å². The minimum atomic E-state index is -0.271. The largest absolute Gasteiger partial charge is 0.490 e. The van der Waals surface area contributed by atoms with Crippen LogP contribution in [0, 0.1) is 11.3 Å². The summed E-state index contributed by atoms with van der Waals surface area (Å²) in [6.07, 6.45) is 1.76. The third kappa shape index (κ3) is 6.36. The lowest BCUT2D eigenvalue weighted by atomic mass is 10.0. The molecule has 0 fully saturated rings. The number of carbonyl (C=O) groups is 1. The molecule has 3 rings (SSSR count). The number of allylic oxidation sites excluding steroid dienone is 1. The molecule has 0 aromatic heterocycles. The number of nitrogens with one attached hydrogen (secondary N) is 1. The molecular weight excluding hydrogens is 412 g/mol. The molecule has 3 aromatic carbocycles. The molecule has 0 aliphatic rings. The van der Waals surface area contributed by atoms with Gasteiger partial charge in [-0.3, -0.25) is 4.79 Å². The van der Waals surface area contributed by atoms with E-state index >= 15 is 0 Å². The predicted molar refractivity (Wildman–Crippen MR) is 123 cm³/mol. The average Bonchev–Trinajstić information content (AvgIpc) is 2.78. The minimum Gasteiger partial charge on any atom is -0.490 e. The summed E-state index contributed by atoms with van der Waals surface area (Å²) in [4.78, 5) is 12.2. The topological polar surface area (TPSA) is 71.3 Å². The van der Waals surface area contributed by atoms with Gasteiger partial charge < -0.3 is 14.8 Å². The second-order valence-corrected chi connectivity index (χ2v) is 6.96. The van der Waals surface area contributed by atoms with E-state index in [-0.39, 0.29) is 12.5 Å². The van der Waals surface area contributed by atoms with Crippen LogP contribution in [0.15, 0.2) is 72.8 Å². The highest BCUT2D eigenvalue weighted by atomic mass is 35.5. The van der Waals surface area contributed by atoms with Gasteiger partial charge in [0.25, 0.3) is 5.91 Å². The molecule has 0 unspecified atom stereocenters. The highest BCUT2D eigenvalue weighted by molar-refractivity contribution is 6.30. The Bertz CT molecular complexity index is 1100. The van der Waals surface area contributed by atoms with Crippen molar-refractivity contribution >= 4 is 34.8 Å². The molecule has 0 spiro atoms. The van der Waals surface area contributed by atoms with Gasteiger partial charge in [-0.05, 0) is 60.5 Å². The first-order valence-electron chi connectivity index (χ1n) is 9.71. The molecule has 31 heavy (non-hydrogen) atoms. The van der Waals surface area contributed by atoms with Crippen molar-refractivity contribution in [2.45, 2.75) is 6.92 Å². The minimum absolute atomic E-state index is 0.154. The van der Waals surface area contributed by atoms with Crippen LogP contribution in [0.2, 0.25) is 5.02 Å². The maximum absolute atomic E-state index is 12.2. The van der Waals surface area contributed by atoms with Crippen molar-refractivity contribution < 1.29 is 14.3 Å². The number of carbonyl (C=O) groups excluding carboxylic acids is 1. The maximum atomic E-state index is 12.2. The smallest absolute Gasteiger partial charge is 0.262 e. The van der Waals surface area contributed by atoms with Crippen molar-refractivity contribution in [1.82, 2.24) is 0 Å². The zero-order valence-electron chi connectivity index (χ0n) is 17.0. The second kappa shape index (κ2) is 10.9. The number of ether oxygens (including phenoxy) is 2. The van der Waals surface area contributed by atoms with Crippen LogP contribution in [-0.2, 0) is 4.79 Å². The Labute approximate surface area is 186 Å². The average molecular weight is 433 g/mol. The summed E-state index contributed by atoms with van der Waals surface area (Å²) in [5.74, 6) is 0.677. The number of nitrogens with zero attached hydrogens (tertiary/aromatic N) is 1. The number of para-hydroxylation sites is 1. The first-order chi connectivity index (χ1) is 15.1. The maximum Gasteiger partial charge on any atom is 0.262 e. The fourth-order valence-electron chi connectivity index (χ4n) is 2.84. The molecular formula is C25H21ClN2O3. The van der Waals surface area contributed by atoms with Crippen molar-refractivity contribution in [2.24, 2.45) is 0 Å². The van der Waals surface area contributed by atoms with Crippen LogP contribution in [0.4, 0.5) is 5.69 Å². The van der Waals surface area contributed by atoms with Crippen molar-refractivity contribution in [3.05, 3.63) is 88.9 Å².